The minimum atomic E-state index is 0.632. The molecule has 0 saturated heterocycles. The van der Waals surface area contributed by atoms with E-state index in [2.05, 4.69) is 161 Å². The lowest BCUT2D eigenvalue weighted by Crippen LogP contribution is -2.04. The number of hydrogen-bond acceptors (Lipinski definition) is 3. The predicted octanol–water partition coefficient (Wildman–Crippen LogP) is 11.1. The molecule has 0 saturated carbocycles. The molecule has 0 aliphatic rings. The molecular formula is C45H29N5. The predicted molar refractivity (Wildman–Crippen MR) is 205 cm³/mol. The van der Waals surface area contributed by atoms with E-state index >= 15 is 0 Å². The SMILES string of the molecule is c1ccc(-c2cc(-c3ccccc3)nc(-n3c4ccccc4c4cccc(-c5ccc6c(c5)c5ncccc5n6-c5ccccc5)c43)n2)cc1. The van der Waals surface area contributed by atoms with Gasteiger partial charge in [0.2, 0.25) is 5.95 Å². The van der Waals surface area contributed by atoms with E-state index in [1.165, 1.54) is 0 Å². The van der Waals surface area contributed by atoms with Gasteiger partial charge in [0, 0.05) is 44.7 Å². The maximum atomic E-state index is 5.27. The second-order valence-electron chi connectivity index (χ2n) is 12.5. The summed E-state index contributed by atoms with van der Waals surface area (Å²) in [6.07, 6.45) is 1.88. The molecule has 0 fully saturated rings. The Bertz CT molecular complexity index is 2800. The Balaban J connectivity index is 1.27. The van der Waals surface area contributed by atoms with E-state index in [0.29, 0.717) is 5.95 Å². The van der Waals surface area contributed by atoms with Gasteiger partial charge in [0.05, 0.1) is 39.0 Å². The fourth-order valence-corrected chi connectivity index (χ4v) is 7.37. The van der Waals surface area contributed by atoms with Crippen LogP contribution in [0.1, 0.15) is 0 Å². The van der Waals surface area contributed by atoms with Gasteiger partial charge in [-0.05, 0) is 54.1 Å². The Labute approximate surface area is 288 Å². The number of fused-ring (bicyclic) bond motifs is 6. The van der Waals surface area contributed by atoms with Gasteiger partial charge in [-0.25, -0.2) is 9.97 Å². The van der Waals surface area contributed by atoms with Crippen LogP contribution in [0.25, 0.3) is 89.0 Å². The summed E-state index contributed by atoms with van der Waals surface area (Å²) < 4.78 is 4.54. The molecule has 0 unspecified atom stereocenters. The summed E-state index contributed by atoms with van der Waals surface area (Å²) in [5.41, 5.74) is 12.5. The van der Waals surface area contributed by atoms with E-state index in [-0.39, 0.29) is 0 Å². The van der Waals surface area contributed by atoms with Crippen molar-refractivity contribution in [3.05, 3.63) is 176 Å². The first-order valence-corrected chi connectivity index (χ1v) is 16.8. The summed E-state index contributed by atoms with van der Waals surface area (Å²) in [5, 5.41) is 3.41. The number of rotatable bonds is 5. The monoisotopic (exact) mass is 639 g/mol. The van der Waals surface area contributed by atoms with E-state index in [4.69, 9.17) is 15.0 Å². The summed E-state index contributed by atoms with van der Waals surface area (Å²) in [6, 6.07) is 59.3. The van der Waals surface area contributed by atoms with Crippen molar-refractivity contribution in [1.82, 2.24) is 24.1 Å². The molecule has 234 valence electrons. The highest BCUT2D eigenvalue weighted by Gasteiger charge is 2.21. The first-order chi connectivity index (χ1) is 24.8. The molecule has 0 atom stereocenters. The normalized spacial score (nSPS) is 11.6. The number of nitrogens with zero attached hydrogens (tertiary/aromatic N) is 5. The van der Waals surface area contributed by atoms with Crippen molar-refractivity contribution < 1.29 is 0 Å². The van der Waals surface area contributed by atoms with Crippen LogP contribution in [0, 0.1) is 0 Å². The number of benzene rings is 6. The first kappa shape index (κ1) is 28.2. The van der Waals surface area contributed by atoms with Crippen LogP contribution in [0.3, 0.4) is 0 Å². The van der Waals surface area contributed by atoms with Crippen molar-refractivity contribution in [2.24, 2.45) is 0 Å². The molecule has 6 aromatic carbocycles. The van der Waals surface area contributed by atoms with Gasteiger partial charge >= 0.3 is 0 Å². The van der Waals surface area contributed by atoms with E-state index in [9.17, 15) is 0 Å². The lowest BCUT2D eigenvalue weighted by atomic mass is 10.0. The first-order valence-electron chi connectivity index (χ1n) is 16.8. The van der Waals surface area contributed by atoms with Crippen LogP contribution in [-0.2, 0) is 0 Å². The molecule has 0 aliphatic heterocycles. The zero-order chi connectivity index (χ0) is 33.0. The molecule has 0 amide bonds. The topological polar surface area (TPSA) is 48.5 Å². The van der Waals surface area contributed by atoms with Gasteiger partial charge in [-0.15, -0.1) is 0 Å². The zero-order valence-corrected chi connectivity index (χ0v) is 27.0. The lowest BCUT2D eigenvalue weighted by molar-refractivity contribution is 0.996. The van der Waals surface area contributed by atoms with Crippen molar-refractivity contribution in [2.75, 3.05) is 0 Å². The summed E-state index contributed by atoms with van der Waals surface area (Å²) in [6.45, 7) is 0. The van der Waals surface area contributed by atoms with E-state index in [1.807, 2.05) is 24.4 Å². The minimum Gasteiger partial charge on any atom is -0.308 e. The summed E-state index contributed by atoms with van der Waals surface area (Å²) >= 11 is 0. The molecule has 0 spiro atoms. The molecule has 10 aromatic rings. The summed E-state index contributed by atoms with van der Waals surface area (Å²) in [7, 11) is 0. The van der Waals surface area contributed by atoms with Crippen LogP contribution in [0.2, 0.25) is 0 Å². The lowest BCUT2D eigenvalue weighted by Gasteiger charge is -2.14. The van der Waals surface area contributed by atoms with Gasteiger partial charge in [-0.2, -0.15) is 0 Å². The molecule has 4 heterocycles. The second-order valence-corrected chi connectivity index (χ2v) is 12.5. The largest absolute Gasteiger partial charge is 0.308 e. The van der Waals surface area contributed by atoms with Gasteiger partial charge in [-0.3, -0.25) is 9.55 Å². The zero-order valence-electron chi connectivity index (χ0n) is 27.0. The van der Waals surface area contributed by atoms with Gasteiger partial charge in [0.1, 0.15) is 0 Å². The Morgan fingerprint density at radius 2 is 1.02 bits per heavy atom. The van der Waals surface area contributed by atoms with Gasteiger partial charge in [-0.1, -0.05) is 121 Å². The number of aromatic nitrogens is 5. The third-order valence-corrected chi connectivity index (χ3v) is 9.59. The van der Waals surface area contributed by atoms with E-state index < -0.39 is 0 Å². The quantitative estimate of drug-likeness (QED) is 0.188. The third kappa shape index (κ3) is 4.45. The molecule has 50 heavy (non-hydrogen) atoms. The summed E-state index contributed by atoms with van der Waals surface area (Å²) in [5.74, 6) is 0.632. The molecule has 0 radical (unpaired) electrons. The van der Waals surface area contributed by atoms with Crippen LogP contribution in [0.15, 0.2) is 176 Å². The maximum Gasteiger partial charge on any atom is 0.235 e. The van der Waals surface area contributed by atoms with E-state index in [0.717, 1.165) is 83.1 Å². The third-order valence-electron chi connectivity index (χ3n) is 9.59. The Kier molecular flexibility index (Phi) is 6.42. The Morgan fingerprint density at radius 3 is 1.76 bits per heavy atom. The van der Waals surface area contributed by atoms with Crippen LogP contribution >= 0.6 is 0 Å². The standard InChI is InChI=1S/C45H29N5/c1-4-14-30(15-5-1)38-29-39(31-16-6-2-7-17-31)48-45(47-38)50-40-23-11-10-20-35(40)36-22-12-21-34(44(36)50)32-25-26-41-37(28-32)43-42(24-13-27-46-43)49(41)33-18-8-3-9-19-33/h1-29H. The van der Waals surface area contributed by atoms with Crippen molar-refractivity contribution in [2.45, 2.75) is 0 Å². The maximum absolute atomic E-state index is 5.27. The average Bonchev–Trinajstić information content (AvgIpc) is 3.71. The molecule has 0 N–H and O–H groups in total. The molecule has 4 aromatic heterocycles. The summed E-state index contributed by atoms with van der Waals surface area (Å²) in [4.78, 5) is 15.4. The molecular weight excluding hydrogens is 611 g/mol. The highest BCUT2D eigenvalue weighted by molar-refractivity contribution is 6.15. The number of hydrogen-bond donors (Lipinski definition) is 0. The average molecular weight is 640 g/mol. The second kappa shape index (κ2) is 11.4. The van der Waals surface area contributed by atoms with Crippen molar-refractivity contribution >= 4 is 43.7 Å². The van der Waals surface area contributed by atoms with Crippen LogP contribution in [0.4, 0.5) is 0 Å². The van der Waals surface area contributed by atoms with Crippen LogP contribution in [-0.4, -0.2) is 24.1 Å². The highest BCUT2D eigenvalue weighted by Crippen LogP contribution is 2.40. The molecule has 5 nitrogen and oxygen atoms in total. The van der Waals surface area contributed by atoms with Crippen molar-refractivity contribution in [3.63, 3.8) is 0 Å². The van der Waals surface area contributed by atoms with Gasteiger partial charge < -0.3 is 4.57 Å². The van der Waals surface area contributed by atoms with Crippen molar-refractivity contribution in [3.8, 4) is 45.3 Å². The van der Waals surface area contributed by atoms with Gasteiger partial charge in [0.25, 0.3) is 0 Å². The smallest absolute Gasteiger partial charge is 0.235 e. The van der Waals surface area contributed by atoms with Crippen LogP contribution in [0.5, 0.6) is 0 Å². The molecule has 5 heteroatoms. The van der Waals surface area contributed by atoms with Crippen molar-refractivity contribution in [1.29, 1.82) is 0 Å². The van der Waals surface area contributed by atoms with E-state index in [1.54, 1.807) is 0 Å². The molecule has 10 rings (SSSR count). The molecule has 0 aliphatic carbocycles. The van der Waals surface area contributed by atoms with Gasteiger partial charge in [0.15, 0.2) is 0 Å². The Hall–Kier alpha value is -6.85. The fraction of sp³-hybridized carbons (Fsp3) is 0. The van der Waals surface area contributed by atoms with Crippen LogP contribution < -0.4 is 0 Å². The Morgan fingerprint density at radius 1 is 0.400 bits per heavy atom. The molecule has 0 bridgehead atoms. The minimum absolute atomic E-state index is 0.632. The number of para-hydroxylation sites is 3. The fourth-order valence-electron chi connectivity index (χ4n) is 7.37. The highest BCUT2D eigenvalue weighted by atomic mass is 15.2. The number of pyridine rings is 1.